The van der Waals surface area contributed by atoms with E-state index in [4.69, 9.17) is 9.47 Å². The van der Waals surface area contributed by atoms with Crippen LogP contribution < -0.4 is 10.1 Å². The van der Waals surface area contributed by atoms with Crippen LogP contribution in [0.3, 0.4) is 0 Å². The van der Waals surface area contributed by atoms with Gasteiger partial charge in [-0.05, 0) is 43.9 Å². The highest BCUT2D eigenvalue weighted by molar-refractivity contribution is 5.95. The summed E-state index contributed by atoms with van der Waals surface area (Å²) < 4.78 is 11.0. The number of rotatable bonds is 11. The standard InChI is InChI=1S/C22H36N2O4/c1-5-17-7-8-18(11-21(17)28-10-6-9-27-4)22(26)24(16(2)3)14-19-12-23-13-20(19)15-25/h7-8,11,16,19-20,23,25H,5-6,9-10,12-15H2,1-4H3/t19-,20-/m0/s1. The molecular formula is C22H36N2O4. The van der Waals surface area contributed by atoms with E-state index in [9.17, 15) is 9.90 Å². The third-order valence-electron chi connectivity index (χ3n) is 5.48. The van der Waals surface area contributed by atoms with E-state index in [2.05, 4.69) is 12.2 Å². The molecule has 0 radical (unpaired) electrons. The van der Waals surface area contributed by atoms with Crippen molar-refractivity contribution < 1.29 is 19.4 Å². The van der Waals surface area contributed by atoms with Crippen LogP contribution in [0.2, 0.25) is 0 Å². The third-order valence-corrected chi connectivity index (χ3v) is 5.48. The molecule has 1 aromatic rings. The maximum Gasteiger partial charge on any atom is 0.254 e. The van der Waals surface area contributed by atoms with Gasteiger partial charge in [-0.3, -0.25) is 4.79 Å². The summed E-state index contributed by atoms with van der Waals surface area (Å²) in [5, 5.41) is 12.9. The van der Waals surface area contributed by atoms with E-state index in [0.29, 0.717) is 25.3 Å². The lowest BCUT2D eigenvalue weighted by molar-refractivity contribution is 0.0644. The molecule has 1 aliphatic rings. The lowest BCUT2D eigenvalue weighted by atomic mass is 9.95. The van der Waals surface area contributed by atoms with Crippen molar-refractivity contribution in [3.8, 4) is 5.75 Å². The average molecular weight is 393 g/mol. The molecule has 1 aliphatic heterocycles. The second-order valence-electron chi connectivity index (χ2n) is 7.78. The second kappa shape index (κ2) is 11.4. The number of ether oxygens (including phenoxy) is 2. The molecule has 6 heteroatoms. The molecule has 1 heterocycles. The van der Waals surface area contributed by atoms with Gasteiger partial charge in [0.25, 0.3) is 5.91 Å². The summed E-state index contributed by atoms with van der Waals surface area (Å²) in [6.07, 6.45) is 1.67. The lowest BCUT2D eigenvalue weighted by Gasteiger charge is -2.31. The van der Waals surface area contributed by atoms with Crippen LogP contribution >= 0.6 is 0 Å². The Morgan fingerprint density at radius 3 is 2.68 bits per heavy atom. The number of carbonyl (C=O) groups is 1. The minimum atomic E-state index is 0.0167. The molecule has 1 saturated heterocycles. The first-order valence-electron chi connectivity index (χ1n) is 10.4. The van der Waals surface area contributed by atoms with Crippen LogP contribution in [-0.4, -0.2) is 68.5 Å². The van der Waals surface area contributed by atoms with Crippen LogP contribution in [0.15, 0.2) is 18.2 Å². The first-order valence-corrected chi connectivity index (χ1v) is 10.4. The summed E-state index contributed by atoms with van der Waals surface area (Å²) >= 11 is 0. The smallest absolute Gasteiger partial charge is 0.254 e. The molecule has 0 spiro atoms. The molecule has 28 heavy (non-hydrogen) atoms. The van der Waals surface area contributed by atoms with Crippen molar-refractivity contribution in [3.05, 3.63) is 29.3 Å². The molecule has 1 fully saturated rings. The van der Waals surface area contributed by atoms with Crippen LogP contribution in [0.25, 0.3) is 0 Å². The second-order valence-corrected chi connectivity index (χ2v) is 7.78. The number of aliphatic hydroxyl groups excluding tert-OH is 1. The molecule has 2 N–H and O–H groups in total. The number of nitrogens with one attached hydrogen (secondary N) is 1. The van der Waals surface area contributed by atoms with Crippen molar-refractivity contribution in [2.45, 2.75) is 39.7 Å². The summed E-state index contributed by atoms with van der Waals surface area (Å²) in [4.78, 5) is 15.2. The Hall–Kier alpha value is -1.63. The number of aliphatic hydroxyl groups is 1. The molecule has 0 bridgehead atoms. The minimum Gasteiger partial charge on any atom is -0.493 e. The summed E-state index contributed by atoms with van der Waals surface area (Å²) in [7, 11) is 1.68. The molecule has 0 aliphatic carbocycles. The number of hydrogen-bond acceptors (Lipinski definition) is 5. The Kier molecular flexibility index (Phi) is 9.22. The van der Waals surface area contributed by atoms with Crippen LogP contribution in [0.1, 0.15) is 43.1 Å². The summed E-state index contributed by atoms with van der Waals surface area (Å²) in [5.41, 5.74) is 1.75. The van der Waals surface area contributed by atoms with Crippen molar-refractivity contribution in [2.24, 2.45) is 11.8 Å². The molecule has 0 aromatic heterocycles. The SMILES string of the molecule is CCc1ccc(C(=O)N(C[C@@H]2CNC[C@H]2CO)C(C)C)cc1OCCCOC. The van der Waals surface area contributed by atoms with E-state index in [1.807, 2.05) is 36.9 Å². The van der Waals surface area contributed by atoms with Crippen molar-refractivity contribution in [2.75, 3.05) is 46.6 Å². The van der Waals surface area contributed by atoms with Crippen LogP contribution in [0.5, 0.6) is 5.75 Å². The third kappa shape index (κ3) is 5.93. The van der Waals surface area contributed by atoms with Gasteiger partial charge >= 0.3 is 0 Å². The van der Waals surface area contributed by atoms with Gasteiger partial charge in [-0.2, -0.15) is 0 Å². The highest BCUT2D eigenvalue weighted by Crippen LogP contribution is 2.25. The number of methoxy groups -OCH3 is 1. The Balaban J connectivity index is 2.14. The summed E-state index contributed by atoms with van der Waals surface area (Å²) in [6.45, 7) is 9.84. The fourth-order valence-corrected chi connectivity index (χ4v) is 3.66. The summed E-state index contributed by atoms with van der Waals surface area (Å²) in [5.74, 6) is 1.28. The van der Waals surface area contributed by atoms with Gasteiger partial charge in [0.2, 0.25) is 0 Å². The van der Waals surface area contributed by atoms with E-state index in [1.54, 1.807) is 7.11 Å². The van der Waals surface area contributed by atoms with Gasteiger partial charge in [0.15, 0.2) is 0 Å². The maximum absolute atomic E-state index is 13.3. The van der Waals surface area contributed by atoms with Gasteiger partial charge in [0.1, 0.15) is 5.75 Å². The number of benzene rings is 1. The van der Waals surface area contributed by atoms with Crippen LogP contribution in [0.4, 0.5) is 0 Å². The zero-order valence-electron chi connectivity index (χ0n) is 17.7. The largest absolute Gasteiger partial charge is 0.493 e. The quantitative estimate of drug-likeness (QED) is 0.566. The Labute approximate surface area is 169 Å². The van der Waals surface area contributed by atoms with E-state index in [1.165, 1.54) is 0 Å². The Bertz CT molecular complexity index is 621. The molecule has 1 aromatic carbocycles. The van der Waals surface area contributed by atoms with Crippen LogP contribution in [-0.2, 0) is 11.2 Å². The Morgan fingerprint density at radius 2 is 2.04 bits per heavy atom. The molecule has 0 unspecified atom stereocenters. The first kappa shape index (κ1) is 22.7. The van der Waals surface area contributed by atoms with E-state index in [0.717, 1.165) is 37.2 Å². The minimum absolute atomic E-state index is 0.0167. The van der Waals surface area contributed by atoms with Crippen molar-refractivity contribution in [1.82, 2.24) is 10.2 Å². The van der Waals surface area contributed by atoms with Crippen molar-refractivity contribution in [1.29, 1.82) is 0 Å². The van der Waals surface area contributed by atoms with Gasteiger partial charge < -0.3 is 24.8 Å². The fraction of sp³-hybridized carbons (Fsp3) is 0.682. The number of nitrogens with zero attached hydrogens (tertiary/aromatic N) is 1. The van der Waals surface area contributed by atoms with E-state index in [-0.39, 0.29) is 30.4 Å². The number of carbonyl (C=O) groups excluding carboxylic acids is 1. The lowest BCUT2D eigenvalue weighted by Crippen LogP contribution is -2.42. The van der Waals surface area contributed by atoms with Gasteiger partial charge in [-0.15, -0.1) is 0 Å². The maximum atomic E-state index is 13.3. The molecule has 2 atom stereocenters. The van der Waals surface area contributed by atoms with E-state index >= 15 is 0 Å². The van der Waals surface area contributed by atoms with Gasteiger partial charge in [0.05, 0.1) is 6.61 Å². The number of aryl methyl sites for hydroxylation is 1. The highest BCUT2D eigenvalue weighted by atomic mass is 16.5. The fourth-order valence-electron chi connectivity index (χ4n) is 3.66. The monoisotopic (exact) mass is 392 g/mol. The first-order chi connectivity index (χ1) is 13.5. The molecule has 6 nitrogen and oxygen atoms in total. The van der Waals surface area contributed by atoms with E-state index < -0.39 is 0 Å². The van der Waals surface area contributed by atoms with Gasteiger partial charge in [0, 0.05) is 63.9 Å². The normalized spacial score (nSPS) is 19.2. The van der Waals surface area contributed by atoms with Gasteiger partial charge in [-0.1, -0.05) is 13.0 Å². The molecule has 1 amide bonds. The molecule has 2 rings (SSSR count). The predicted molar refractivity (Wildman–Crippen MR) is 111 cm³/mol. The average Bonchev–Trinajstić information content (AvgIpc) is 3.15. The molecule has 158 valence electrons. The summed E-state index contributed by atoms with van der Waals surface area (Å²) in [6, 6.07) is 5.85. The highest BCUT2D eigenvalue weighted by Gasteiger charge is 2.31. The predicted octanol–water partition coefficient (Wildman–Crippen LogP) is 2.34. The van der Waals surface area contributed by atoms with Crippen molar-refractivity contribution in [3.63, 3.8) is 0 Å². The molecule has 0 saturated carbocycles. The number of amides is 1. The zero-order chi connectivity index (χ0) is 20.5. The van der Waals surface area contributed by atoms with Gasteiger partial charge in [-0.25, -0.2) is 0 Å². The van der Waals surface area contributed by atoms with Crippen LogP contribution in [0, 0.1) is 11.8 Å². The molecular weight excluding hydrogens is 356 g/mol. The Morgan fingerprint density at radius 1 is 1.29 bits per heavy atom. The topological polar surface area (TPSA) is 71.0 Å². The van der Waals surface area contributed by atoms with Crippen molar-refractivity contribution >= 4 is 5.91 Å². The number of hydrogen-bond donors (Lipinski definition) is 2. The zero-order valence-corrected chi connectivity index (χ0v) is 17.7.